The van der Waals surface area contributed by atoms with Crippen molar-refractivity contribution >= 4 is 33.4 Å². The van der Waals surface area contributed by atoms with Crippen molar-refractivity contribution in [3.8, 4) is 0 Å². The fourth-order valence-electron chi connectivity index (χ4n) is 2.28. The Balaban J connectivity index is 2.11. The molecule has 2 aromatic rings. The molecule has 0 aliphatic carbocycles. The number of halogens is 1. The molecule has 0 spiro atoms. The van der Waals surface area contributed by atoms with E-state index in [1.165, 1.54) is 0 Å². The average molecular weight is 389 g/mol. The first kappa shape index (κ1) is 18.2. The maximum absolute atomic E-state index is 12.6. The fraction of sp³-hybridized carbons (Fsp3) is 0.263. The second-order valence-corrected chi connectivity index (χ2v) is 6.92. The molecule has 0 saturated carbocycles. The number of hydrogen-bond donors (Lipinski definition) is 2. The molecule has 0 heterocycles. The number of anilines is 1. The lowest BCUT2D eigenvalue weighted by Gasteiger charge is -2.22. The van der Waals surface area contributed by atoms with Gasteiger partial charge in [0.25, 0.3) is 5.91 Å². The highest BCUT2D eigenvalue weighted by molar-refractivity contribution is 9.10. The molecule has 5 heteroatoms. The van der Waals surface area contributed by atoms with E-state index >= 15 is 0 Å². The molecule has 0 fully saturated rings. The first-order valence-electron chi connectivity index (χ1n) is 7.81. The molecule has 2 aromatic carbocycles. The zero-order valence-corrected chi connectivity index (χ0v) is 15.6. The zero-order valence-electron chi connectivity index (χ0n) is 14.0. The summed E-state index contributed by atoms with van der Waals surface area (Å²) in [5.74, 6) is -0.515. The molecule has 0 aliphatic heterocycles. The van der Waals surface area contributed by atoms with E-state index in [0.717, 1.165) is 15.7 Å². The zero-order chi connectivity index (χ0) is 17.7. The Morgan fingerprint density at radius 2 is 1.62 bits per heavy atom. The van der Waals surface area contributed by atoms with Crippen molar-refractivity contribution in [2.24, 2.45) is 5.92 Å². The van der Waals surface area contributed by atoms with Gasteiger partial charge in [-0.2, -0.15) is 0 Å². The topological polar surface area (TPSA) is 58.2 Å². The Morgan fingerprint density at radius 3 is 2.21 bits per heavy atom. The number of rotatable bonds is 5. The van der Waals surface area contributed by atoms with E-state index in [0.29, 0.717) is 5.56 Å². The minimum atomic E-state index is -0.610. The van der Waals surface area contributed by atoms with Crippen molar-refractivity contribution in [3.05, 3.63) is 64.1 Å². The van der Waals surface area contributed by atoms with E-state index in [9.17, 15) is 9.59 Å². The number of para-hydroxylation sites is 1. The Hall–Kier alpha value is -2.14. The molecule has 0 radical (unpaired) electrons. The summed E-state index contributed by atoms with van der Waals surface area (Å²) in [6, 6.07) is 14.0. The second-order valence-electron chi connectivity index (χ2n) is 6.01. The molecule has 2 amide bonds. The van der Waals surface area contributed by atoms with Crippen LogP contribution in [0.5, 0.6) is 0 Å². The molecule has 0 aromatic heterocycles. The van der Waals surface area contributed by atoms with Gasteiger partial charge in [-0.3, -0.25) is 9.59 Å². The molecule has 0 unspecified atom stereocenters. The molecule has 2 rings (SSSR count). The van der Waals surface area contributed by atoms with Crippen LogP contribution in [0, 0.1) is 12.8 Å². The molecule has 0 aliphatic rings. The van der Waals surface area contributed by atoms with Gasteiger partial charge in [-0.05, 0) is 48.7 Å². The third kappa shape index (κ3) is 4.68. The van der Waals surface area contributed by atoms with E-state index < -0.39 is 6.04 Å². The average Bonchev–Trinajstić information content (AvgIpc) is 2.54. The summed E-state index contributed by atoms with van der Waals surface area (Å²) in [5, 5.41) is 5.72. The highest BCUT2D eigenvalue weighted by Gasteiger charge is 2.25. The molecule has 24 heavy (non-hydrogen) atoms. The first-order chi connectivity index (χ1) is 11.4. The van der Waals surface area contributed by atoms with Gasteiger partial charge in [-0.15, -0.1) is 0 Å². The minimum absolute atomic E-state index is 0.0339. The summed E-state index contributed by atoms with van der Waals surface area (Å²) in [6.07, 6.45) is 0. The summed E-state index contributed by atoms with van der Waals surface area (Å²) in [7, 11) is 0. The lowest BCUT2D eigenvalue weighted by Crippen LogP contribution is -2.47. The van der Waals surface area contributed by atoms with Gasteiger partial charge < -0.3 is 10.6 Å². The molecule has 2 N–H and O–H groups in total. The Labute approximate surface area is 150 Å². The van der Waals surface area contributed by atoms with E-state index in [2.05, 4.69) is 26.6 Å². The predicted octanol–water partition coefficient (Wildman–Crippen LogP) is 4.15. The van der Waals surface area contributed by atoms with Crippen LogP contribution in [0.25, 0.3) is 0 Å². The number of benzene rings is 2. The summed E-state index contributed by atoms with van der Waals surface area (Å²) in [5.41, 5.74) is 2.26. The van der Waals surface area contributed by atoms with Crippen LogP contribution >= 0.6 is 15.9 Å². The molecular formula is C19H21BrN2O2. The van der Waals surface area contributed by atoms with Gasteiger partial charge in [-0.1, -0.05) is 48.0 Å². The standard InChI is InChI=1S/C19H21BrN2O2/c1-12(2)17(19(24)21-16-7-5-4-6-13(16)3)22-18(23)14-8-10-15(20)11-9-14/h4-12,17H,1-3H3,(H,21,24)(H,22,23)/t17-/m0/s1. The fourth-order valence-corrected chi connectivity index (χ4v) is 2.55. The highest BCUT2D eigenvalue weighted by atomic mass is 79.9. The van der Waals surface area contributed by atoms with Crippen LogP contribution in [-0.4, -0.2) is 17.9 Å². The van der Waals surface area contributed by atoms with E-state index in [1.807, 2.05) is 45.0 Å². The third-order valence-corrected chi connectivity index (χ3v) is 4.27. The lowest BCUT2D eigenvalue weighted by molar-refractivity contribution is -0.118. The van der Waals surface area contributed by atoms with Crippen molar-refractivity contribution in [2.45, 2.75) is 26.8 Å². The Kier molecular flexibility index (Phi) is 6.15. The van der Waals surface area contributed by atoms with Crippen molar-refractivity contribution in [1.29, 1.82) is 0 Å². The molecule has 0 saturated heterocycles. The van der Waals surface area contributed by atoms with Crippen LogP contribution in [0.3, 0.4) is 0 Å². The summed E-state index contributed by atoms with van der Waals surface area (Å²) in [4.78, 5) is 25.0. The Bertz CT molecular complexity index is 726. The van der Waals surface area contributed by atoms with Crippen molar-refractivity contribution in [3.63, 3.8) is 0 Å². The van der Waals surface area contributed by atoms with Crippen LogP contribution in [0.1, 0.15) is 29.8 Å². The number of nitrogens with one attached hydrogen (secondary N) is 2. The molecule has 1 atom stereocenters. The minimum Gasteiger partial charge on any atom is -0.340 e. The van der Waals surface area contributed by atoms with Gasteiger partial charge >= 0.3 is 0 Å². The van der Waals surface area contributed by atoms with Crippen molar-refractivity contribution < 1.29 is 9.59 Å². The van der Waals surface area contributed by atoms with Crippen LogP contribution < -0.4 is 10.6 Å². The molecule has 4 nitrogen and oxygen atoms in total. The van der Waals surface area contributed by atoms with Gasteiger partial charge in [0.15, 0.2) is 0 Å². The number of carbonyl (C=O) groups is 2. The number of amides is 2. The normalized spacial score (nSPS) is 11.9. The summed E-state index contributed by atoms with van der Waals surface area (Å²) >= 11 is 3.34. The van der Waals surface area contributed by atoms with Gasteiger partial charge in [0.1, 0.15) is 6.04 Å². The predicted molar refractivity (Wildman–Crippen MR) is 100 cm³/mol. The SMILES string of the molecule is Cc1ccccc1NC(=O)[C@@H](NC(=O)c1ccc(Br)cc1)C(C)C. The second kappa shape index (κ2) is 8.11. The molecular weight excluding hydrogens is 368 g/mol. The summed E-state index contributed by atoms with van der Waals surface area (Å²) in [6.45, 7) is 5.74. The Morgan fingerprint density at radius 1 is 1.00 bits per heavy atom. The highest BCUT2D eigenvalue weighted by Crippen LogP contribution is 2.15. The number of hydrogen-bond acceptors (Lipinski definition) is 2. The largest absolute Gasteiger partial charge is 0.340 e. The lowest BCUT2D eigenvalue weighted by atomic mass is 10.0. The number of carbonyl (C=O) groups excluding carboxylic acids is 2. The third-order valence-electron chi connectivity index (χ3n) is 3.75. The van der Waals surface area contributed by atoms with Crippen LogP contribution in [0.2, 0.25) is 0 Å². The molecule has 126 valence electrons. The van der Waals surface area contributed by atoms with Crippen molar-refractivity contribution in [2.75, 3.05) is 5.32 Å². The van der Waals surface area contributed by atoms with Crippen molar-refractivity contribution in [1.82, 2.24) is 5.32 Å². The quantitative estimate of drug-likeness (QED) is 0.807. The van der Waals surface area contributed by atoms with Gasteiger partial charge in [0.2, 0.25) is 5.91 Å². The van der Waals surface area contributed by atoms with Gasteiger partial charge in [-0.25, -0.2) is 0 Å². The molecule has 0 bridgehead atoms. The van der Waals surface area contributed by atoms with E-state index in [-0.39, 0.29) is 17.7 Å². The smallest absolute Gasteiger partial charge is 0.251 e. The maximum Gasteiger partial charge on any atom is 0.251 e. The van der Waals surface area contributed by atoms with Crippen LogP contribution in [0.15, 0.2) is 53.0 Å². The van der Waals surface area contributed by atoms with Gasteiger partial charge in [0, 0.05) is 15.7 Å². The van der Waals surface area contributed by atoms with Gasteiger partial charge in [0.05, 0.1) is 0 Å². The summed E-state index contributed by atoms with van der Waals surface area (Å²) < 4.78 is 0.900. The van der Waals surface area contributed by atoms with Crippen LogP contribution in [-0.2, 0) is 4.79 Å². The van der Waals surface area contributed by atoms with E-state index in [1.54, 1.807) is 24.3 Å². The van der Waals surface area contributed by atoms with E-state index in [4.69, 9.17) is 0 Å². The monoisotopic (exact) mass is 388 g/mol. The number of aryl methyl sites for hydroxylation is 1. The first-order valence-corrected chi connectivity index (χ1v) is 8.60. The van der Waals surface area contributed by atoms with Crippen LogP contribution in [0.4, 0.5) is 5.69 Å². The maximum atomic E-state index is 12.6.